The van der Waals surface area contributed by atoms with Crippen LogP contribution in [0, 0.1) is 5.41 Å². The number of nitrogens with zero attached hydrogens (tertiary/aromatic N) is 1. The van der Waals surface area contributed by atoms with Gasteiger partial charge in [0.15, 0.2) is 0 Å². The van der Waals surface area contributed by atoms with Crippen molar-refractivity contribution < 1.29 is 0 Å². The first-order valence-corrected chi connectivity index (χ1v) is 5.33. The Morgan fingerprint density at radius 3 is 2.46 bits per heavy atom. The van der Waals surface area contributed by atoms with Crippen molar-refractivity contribution in [2.24, 2.45) is 5.41 Å². The lowest BCUT2D eigenvalue weighted by Gasteiger charge is -2.41. The minimum atomic E-state index is 0.442. The van der Waals surface area contributed by atoms with Gasteiger partial charge in [0.2, 0.25) is 0 Å². The van der Waals surface area contributed by atoms with Crippen LogP contribution in [-0.4, -0.2) is 37.1 Å². The second kappa shape index (κ2) is 3.97. The first-order valence-electron chi connectivity index (χ1n) is 5.33. The minimum Gasteiger partial charge on any atom is -0.314 e. The summed E-state index contributed by atoms with van der Waals surface area (Å²) in [7, 11) is 2.25. The van der Waals surface area contributed by atoms with Crippen LogP contribution in [-0.2, 0) is 0 Å². The molecule has 0 aromatic heterocycles. The van der Waals surface area contributed by atoms with Crippen molar-refractivity contribution in [2.75, 3.05) is 20.1 Å². The Bertz CT molecular complexity index is 160. The molecule has 0 aromatic carbocycles. The van der Waals surface area contributed by atoms with Crippen LogP contribution in [0.2, 0.25) is 0 Å². The van der Waals surface area contributed by atoms with Crippen LogP contribution in [0.3, 0.4) is 0 Å². The standard InChI is InChI=1S/C11H24N2/c1-9-7-12-8-10(13(9)5)6-11(2,3)4/h9-10,12H,6-8H2,1-5H3/t9-,10?/m0/s1. The van der Waals surface area contributed by atoms with E-state index < -0.39 is 0 Å². The van der Waals surface area contributed by atoms with Crippen LogP contribution in [0.1, 0.15) is 34.1 Å². The smallest absolute Gasteiger partial charge is 0.0225 e. The molecule has 0 amide bonds. The third kappa shape index (κ3) is 3.28. The summed E-state index contributed by atoms with van der Waals surface area (Å²) in [6.45, 7) is 11.5. The van der Waals surface area contributed by atoms with E-state index in [1.807, 2.05) is 0 Å². The number of nitrogens with one attached hydrogen (secondary N) is 1. The maximum absolute atomic E-state index is 3.50. The van der Waals surface area contributed by atoms with E-state index in [0.29, 0.717) is 17.5 Å². The first-order chi connectivity index (χ1) is 5.90. The molecule has 1 fully saturated rings. The first kappa shape index (κ1) is 11.0. The van der Waals surface area contributed by atoms with Gasteiger partial charge in [-0.05, 0) is 25.8 Å². The molecule has 1 N–H and O–H groups in total. The number of rotatable bonds is 1. The summed E-state index contributed by atoms with van der Waals surface area (Å²) in [5.41, 5.74) is 0.442. The summed E-state index contributed by atoms with van der Waals surface area (Å²) in [6, 6.07) is 1.39. The van der Waals surface area contributed by atoms with Crippen molar-refractivity contribution in [2.45, 2.75) is 46.2 Å². The topological polar surface area (TPSA) is 15.3 Å². The fourth-order valence-electron chi connectivity index (χ4n) is 2.03. The molecule has 2 heteroatoms. The fourth-order valence-corrected chi connectivity index (χ4v) is 2.03. The van der Waals surface area contributed by atoms with Crippen LogP contribution in [0.25, 0.3) is 0 Å². The Morgan fingerprint density at radius 1 is 1.31 bits per heavy atom. The zero-order valence-corrected chi connectivity index (χ0v) is 9.72. The van der Waals surface area contributed by atoms with Gasteiger partial charge in [-0.1, -0.05) is 20.8 Å². The highest BCUT2D eigenvalue weighted by Crippen LogP contribution is 2.24. The minimum absolute atomic E-state index is 0.442. The van der Waals surface area contributed by atoms with Gasteiger partial charge in [-0.25, -0.2) is 0 Å². The average Bonchev–Trinajstić information content (AvgIpc) is 1.96. The summed E-state index contributed by atoms with van der Waals surface area (Å²) in [6.07, 6.45) is 1.28. The maximum Gasteiger partial charge on any atom is 0.0225 e. The molecule has 2 nitrogen and oxygen atoms in total. The van der Waals surface area contributed by atoms with Crippen molar-refractivity contribution in [3.8, 4) is 0 Å². The van der Waals surface area contributed by atoms with Crippen molar-refractivity contribution in [1.29, 1.82) is 0 Å². The average molecular weight is 184 g/mol. The Hall–Kier alpha value is -0.0800. The highest BCUT2D eigenvalue weighted by atomic mass is 15.2. The third-order valence-electron chi connectivity index (χ3n) is 2.94. The highest BCUT2D eigenvalue weighted by Gasteiger charge is 2.27. The lowest BCUT2D eigenvalue weighted by molar-refractivity contribution is 0.106. The Morgan fingerprint density at radius 2 is 1.92 bits per heavy atom. The van der Waals surface area contributed by atoms with Gasteiger partial charge in [-0.15, -0.1) is 0 Å². The zero-order valence-electron chi connectivity index (χ0n) is 9.72. The molecular weight excluding hydrogens is 160 g/mol. The van der Waals surface area contributed by atoms with E-state index in [4.69, 9.17) is 0 Å². The summed E-state index contributed by atoms with van der Waals surface area (Å²) in [5, 5.41) is 3.50. The van der Waals surface area contributed by atoms with E-state index in [1.54, 1.807) is 0 Å². The normalized spacial score (nSPS) is 32.1. The molecule has 1 unspecified atom stereocenters. The zero-order chi connectivity index (χ0) is 10.1. The lowest BCUT2D eigenvalue weighted by atomic mass is 9.86. The monoisotopic (exact) mass is 184 g/mol. The van der Waals surface area contributed by atoms with Gasteiger partial charge in [0.1, 0.15) is 0 Å². The predicted octanol–water partition coefficient (Wildman–Crippen LogP) is 1.71. The highest BCUT2D eigenvalue weighted by molar-refractivity contribution is 4.85. The van der Waals surface area contributed by atoms with Crippen molar-refractivity contribution in [3.63, 3.8) is 0 Å². The van der Waals surface area contributed by atoms with Gasteiger partial charge in [-0.3, -0.25) is 4.90 Å². The summed E-state index contributed by atoms with van der Waals surface area (Å²) < 4.78 is 0. The second-order valence-electron chi connectivity index (χ2n) is 5.59. The molecule has 0 radical (unpaired) electrons. The van der Waals surface area contributed by atoms with Gasteiger partial charge < -0.3 is 5.32 Å². The molecule has 0 bridgehead atoms. The molecule has 0 aromatic rings. The van der Waals surface area contributed by atoms with E-state index in [1.165, 1.54) is 6.42 Å². The van der Waals surface area contributed by atoms with Crippen LogP contribution in [0.15, 0.2) is 0 Å². The molecule has 1 rings (SSSR count). The molecule has 0 spiro atoms. The third-order valence-corrected chi connectivity index (χ3v) is 2.94. The van der Waals surface area contributed by atoms with Crippen LogP contribution < -0.4 is 5.32 Å². The van der Waals surface area contributed by atoms with Gasteiger partial charge in [0.05, 0.1) is 0 Å². The number of hydrogen-bond donors (Lipinski definition) is 1. The second-order valence-corrected chi connectivity index (χ2v) is 5.59. The van der Waals surface area contributed by atoms with Gasteiger partial charge >= 0.3 is 0 Å². The Kier molecular flexibility index (Phi) is 3.36. The molecule has 1 aliphatic rings. The van der Waals surface area contributed by atoms with E-state index in [2.05, 4.69) is 45.0 Å². The molecule has 0 saturated carbocycles. The SMILES string of the molecule is C[C@H]1CNCC(CC(C)(C)C)N1C. The number of piperazine rings is 1. The van der Waals surface area contributed by atoms with Crippen LogP contribution in [0.4, 0.5) is 0 Å². The van der Waals surface area contributed by atoms with E-state index >= 15 is 0 Å². The molecule has 1 heterocycles. The molecule has 0 aliphatic carbocycles. The largest absolute Gasteiger partial charge is 0.314 e. The fraction of sp³-hybridized carbons (Fsp3) is 1.00. The number of hydrogen-bond acceptors (Lipinski definition) is 2. The molecular formula is C11H24N2. The molecule has 1 saturated heterocycles. The number of likely N-dealkylation sites (N-methyl/N-ethyl adjacent to an activating group) is 1. The van der Waals surface area contributed by atoms with Crippen molar-refractivity contribution >= 4 is 0 Å². The van der Waals surface area contributed by atoms with Gasteiger partial charge in [0, 0.05) is 25.2 Å². The van der Waals surface area contributed by atoms with Gasteiger partial charge in [-0.2, -0.15) is 0 Å². The quantitative estimate of drug-likeness (QED) is 0.667. The molecule has 13 heavy (non-hydrogen) atoms. The van der Waals surface area contributed by atoms with Crippen molar-refractivity contribution in [3.05, 3.63) is 0 Å². The van der Waals surface area contributed by atoms with Crippen LogP contribution >= 0.6 is 0 Å². The van der Waals surface area contributed by atoms with E-state index in [0.717, 1.165) is 13.1 Å². The predicted molar refractivity (Wildman–Crippen MR) is 58.0 cm³/mol. The summed E-state index contributed by atoms with van der Waals surface area (Å²) in [5.74, 6) is 0. The van der Waals surface area contributed by atoms with E-state index in [-0.39, 0.29) is 0 Å². The van der Waals surface area contributed by atoms with Crippen molar-refractivity contribution in [1.82, 2.24) is 10.2 Å². The van der Waals surface area contributed by atoms with E-state index in [9.17, 15) is 0 Å². The summed E-state index contributed by atoms with van der Waals surface area (Å²) >= 11 is 0. The maximum atomic E-state index is 3.50. The lowest BCUT2D eigenvalue weighted by Crippen LogP contribution is -2.55. The molecule has 78 valence electrons. The Labute approximate surface area is 82.7 Å². The van der Waals surface area contributed by atoms with Gasteiger partial charge in [0.25, 0.3) is 0 Å². The van der Waals surface area contributed by atoms with Crippen LogP contribution in [0.5, 0.6) is 0 Å². The Balaban J connectivity index is 2.49. The summed E-state index contributed by atoms with van der Waals surface area (Å²) in [4.78, 5) is 2.52. The molecule has 1 aliphatic heterocycles. The molecule has 2 atom stereocenters.